The van der Waals surface area contributed by atoms with Gasteiger partial charge in [0.2, 0.25) is 0 Å². The summed E-state index contributed by atoms with van der Waals surface area (Å²) in [4.78, 5) is 0. The van der Waals surface area contributed by atoms with Crippen LogP contribution in [0.3, 0.4) is 0 Å². The first-order valence-electron chi connectivity index (χ1n) is 8.69. The Kier molecular flexibility index (Phi) is 8.42. The van der Waals surface area contributed by atoms with Crippen LogP contribution in [0.25, 0.3) is 22.5 Å². The molecule has 0 unspecified atom stereocenters. The van der Waals surface area contributed by atoms with E-state index >= 15 is 0 Å². The maximum absolute atomic E-state index is 9.67. The minimum absolute atomic E-state index is 0. The summed E-state index contributed by atoms with van der Waals surface area (Å²) in [6.45, 7) is 10.6. The summed E-state index contributed by atoms with van der Waals surface area (Å²) in [5, 5.41) is 0. The lowest BCUT2D eigenvalue weighted by Gasteiger charge is -2.05. The van der Waals surface area contributed by atoms with Gasteiger partial charge in [0.15, 0.2) is 0 Å². The molecule has 0 fully saturated rings. The van der Waals surface area contributed by atoms with Gasteiger partial charge in [-0.1, -0.05) is 24.3 Å². The van der Waals surface area contributed by atoms with Gasteiger partial charge in [-0.05, 0) is 67.6 Å². The fraction of sp³-hybridized carbons (Fsp3) is 0.227. The maximum Gasteiger partial charge on any atom is 0.762 e. The molecular formula is C22H23BF4O. The average molecular weight is 390 g/mol. The SMILES string of the molecule is Cc1cc(-c2ccc(C)c(C)c2)cc(-c2ccc(C)c(C)c2)[o+]1.FB(F)F.[F-]. The minimum atomic E-state index is -3.67. The van der Waals surface area contributed by atoms with Crippen LogP contribution in [0.1, 0.15) is 28.0 Å². The molecule has 0 amide bonds. The zero-order chi connectivity index (χ0) is 20.1. The molecule has 3 aromatic rings. The van der Waals surface area contributed by atoms with Crippen molar-refractivity contribution in [2.45, 2.75) is 34.6 Å². The van der Waals surface area contributed by atoms with Crippen molar-refractivity contribution < 1.29 is 22.1 Å². The summed E-state index contributed by atoms with van der Waals surface area (Å²) in [5.74, 6) is 1.84. The van der Waals surface area contributed by atoms with E-state index in [-0.39, 0.29) is 4.70 Å². The lowest BCUT2D eigenvalue weighted by molar-refractivity contribution is -0.00000916. The second kappa shape index (κ2) is 10.1. The van der Waals surface area contributed by atoms with Gasteiger partial charge < -0.3 is 4.70 Å². The topological polar surface area (TPSA) is 11.3 Å². The summed E-state index contributed by atoms with van der Waals surface area (Å²) in [6, 6.07) is 17.3. The first-order chi connectivity index (χ1) is 12.7. The number of hydrogen-bond acceptors (Lipinski definition) is 0. The number of rotatable bonds is 2. The van der Waals surface area contributed by atoms with Crippen molar-refractivity contribution in [3.8, 4) is 22.5 Å². The van der Waals surface area contributed by atoms with Gasteiger partial charge in [-0.2, -0.15) is 0 Å². The molecule has 0 saturated heterocycles. The highest BCUT2D eigenvalue weighted by Crippen LogP contribution is 2.30. The van der Waals surface area contributed by atoms with E-state index in [0.29, 0.717) is 0 Å². The Hall–Kier alpha value is -2.63. The summed E-state index contributed by atoms with van der Waals surface area (Å²) in [5.41, 5.74) is 8.78. The Morgan fingerprint density at radius 2 is 1.07 bits per heavy atom. The number of aryl methyl sites for hydroxylation is 5. The van der Waals surface area contributed by atoms with Crippen LogP contribution in [0.2, 0.25) is 0 Å². The average Bonchev–Trinajstić information content (AvgIpc) is 2.58. The largest absolute Gasteiger partial charge is 1.00 e. The highest BCUT2D eigenvalue weighted by molar-refractivity contribution is 6.33. The van der Waals surface area contributed by atoms with E-state index in [9.17, 15) is 12.9 Å². The first kappa shape index (κ1) is 23.4. The van der Waals surface area contributed by atoms with Crippen molar-refractivity contribution in [2.24, 2.45) is 0 Å². The van der Waals surface area contributed by atoms with E-state index in [1.165, 1.54) is 33.4 Å². The molecule has 0 aliphatic heterocycles. The zero-order valence-corrected chi connectivity index (χ0v) is 16.6. The van der Waals surface area contributed by atoms with E-state index in [4.69, 9.17) is 4.42 Å². The van der Waals surface area contributed by atoms with Crippen molar-refractivity contribution in [3.63, 3.8) is 0 Å². The highest BCUT2D eigenvalue weighted by atomic mass is 19.4. The summed E-state index contributed by atoms with van der Waals surface area (Å²) in [6.07, 6.45) is 0. The highest BCUT2D eigenvalue weighted by Gasteiger charge is 2.17. The molecule has 148 valence electrons. The van der Waals surface area contributed by atoms with Crippen LogP contribution in [-0.2, 0) is 0 Å². The lowest BCUT2D eigenvalue weighted by Crippen LogP contribution is -3.00. The Labute approximate surface area is 163 Å². The van der Waals surface area contributed by atoms with Crippen LogP contribution in [0.15, 0.2) is 52.9 Å². The quantitative estimate of drug-likeness (QED) is 0.361. The van der Waals surface area contributed by atoms with Gasteiger partial charge in [-0.3, -0.25) is 12.9 Å². The summed E-state index contributed by atoms with van der Waals surface area (Å²) >= 11 is 0. The minimum Gasteiger partial charge on any atom is -1.00 e. The van der Waals surface area contributed by atoms with Crippen molar-refractivity contribution in [2.75, 3.05) is 0 Å². The van der Waals surface area contributed by atoms with Crippen LogP contribution in [0.4, 0.5) is 12.9 Å². The van der Waals surface area contributed by atoms with E-state index in [1.807, 2.05) is 6.92 Å². The van der Waals surface area contributed by atoms with Crippen LogP contribution in [0, 0.1) is 34.6 Å². The van der Waals surface area contributed by atoms with E-state index in [0.717, 1.165) is 17.1 Å². The maximum atomic E-state index is 9.67. The molecular weight excluding hydrogens is 367 g/mol. The molecule has 3 rings (SSSR count). The molecule has 2 aromatic carbocycles. The van der Waals surface area contributed by atoms with Crippen molar-refractivity contribution in [3.05, 3.63) is 76.5 Å². The molecule has 0 aliphatic rings. The van der Waals surface area contributed by atoms with Gasteiger partial charge in [0.05, 0.1) is 18.6 Å². The van der Waals surface area contributed by atoms with Gasteiger partial charge in [0, 0.05) is 11.6 Å². The normalized spacial score (nSPS) is 9.86. The predicted octanol–water partition coefficient (Wildman–Crippen LogP) is 4.32. The molecule has 0 bridgehead atoms. The smallest absolute Gasteiger partial charge is 0.762 e. The standard InChI is InChI=1S/C22H23O.BF3.FH/c1-14-6-8-19(10-16(14)3)21-12-18(5)23-22(13-21)20-9-7-15(2)17(4)11-20;2-1(3)4;/h6-13H,1-5H3;;1H/q+1;;/p-1. The zero-order valence-electron chi connectivity index (χ0n) is 16.6. The summed E-state index contributed by atoms with van der Waals surface area (Å²) < 4.78 is 35.0. The molecule has 1 heterocycles. The second-order valence-corrected chi connectivity index (χ2v) is 6.67. The molecule has 28 heavy (non-hydrogen) atoms. The third-order valence-corrected chi connectivity index (χ3v) is 4.55. The lowest BCUT2D eigenvalue weighted by atomic mass is 9.98. The van der Waals surface area contributed by atoms with Crippen LogP contribution in [-0.4, -0.2) is 7.54 Å². The summed E-state index contributed by atoms with van der Waals surface area (Å²) in [7, 11) is -3.67. The van der Waals surface area contributed by atoms with Gasteiger partial charge in [-0.25, -0.2) is 4.42 Å². The Bertz CT molecular complexity index is 869. The van der Waals surface area contributed by atoms with E-state index < -0.39 is 7.54 Å². The predicted molar refractivity (Wildman–Crippen MR) is 107 cm³/mol. The second-order valence-electron chi connectivity index (χ2n) is 6.67. The fourth-order valence-corrected chi connectivity index (χ4v) is 2.76. The molecule has 0 saturated carbocycles. The molecule has 1 nitrogen and oxygen atoms in total. The van der Waals surface area contributed by atoms with Crippen molar-refractivity contribution in [1.82, 2.24) is 0 Å². The van der Waals surface area contributed by atoms with Crippen molar-refractivity contribution in [1.29, 1.82) is 0 Å². The first-order valence-corrected chi connectivity index (χ1v) is 8.69. The molecule has 6 heteroatoms. The number of hydrogen-bond donors (Lipinski definition) is 0. The van der Waals surface area contributed by atoms with Gasteiger partial charge in [0.25, 0.3) is 0 Å². The Balaban J connectivity index is 0.000000717. The molecule has 0 radical (unpaired) electrons. The van der Waals surface area contributed by atoms with Crippen LogP contribution < -0.4 is 4.70 Å². The molecule has 0 aliphatic carbocycles. The van der Waals surface area contributed by atoms with Crippen molar-refractivity contribution >= 4 is 7.54 Å². The van der Waals surface area contributed by atoms with Crippen LogP contribution >= 0.6 is 0 Å². The third-order valence-electron chi connectivity index (χ3n) is 4.55. The Morgan fingerprint density at radius 1 is 0.607 bits per heavy atom. The monoisotopic (exact) mass is 390 g/mol. The number of halogens is 4. The molecule has 0 spiro atoms. The van der Waals surface area contributed by atoms with E-state index in [2.05, 4.69) is 76.2 Å². The molecule has 0 atom stereocenters. The molecule has 1 aromatic heterocycles. The number of benzene rings is 2. The van der Waals surface area contributed by atoms with Gasteiger partial charge >= 0.3 is 19.1 Å². The molecule has 0 N–H and O–H groups in total. The fourth-order valence-electron chi connectivity index (χ4n) is 2.76. The van der Waals surface area contributed by atoms with E-state index in [1.54, 1.807) is 0 Å². The van der Waals surface area contributed by atoms with Crippen LogP contribution in [0.5, 0.6) is 0 Å². The van der Waals surface area contributed by atoms with Gasteiger partial charge in [-0.15, -0.1) is 0 Å². The third kappa shape index (κ3) is 6.22. The Morgan fingerprint density at radius 3 is 1.57 bits per heavy atom. The van der Waals surface area contributed by atoms with Gasteiger partial charge in [0.1, 0.15) is 0 Å².